The molecule has 0 aliphatic heterocycles. The van der Waals surface area contributed by atoms with Crippen molar-refractivity contribution >= 4 is 28.4 Å². The minimum atomic E-state index is -0.294. The van der Waals surface area contributed by atoms with E-state index in [1.165, 1.54) is 0 Å². The van der Waals surface area contributed by atoms with Crippen molar-refractivity contribution in [1.29, 1.82) is 0 Å². The summed E-state index contributed by atoms with van der Waals surface area (Å²) in [4.78, 5) is 28.8. The summed E-state index contributed by atoms with van der Waals surface area (Å²) < 4.78 is 0. The molecule has 0 spiro atoms. The zero-order chi connectivity index (χ0) is 13.4. The summed E-state index contributed by atoms with van der Waals surface area (Å²) in [6, 6.07) is 11.9. The lowest BCUT2D eigenvalue weighted by Crippen LogP contribution is -2.02. The molecule has 0 aliphatic rings. The molecule has 0 unspecified atom stereocenters. The summed E-state index contributed by atoms with van der Waals surface area (Å²) in [5, 5.41) is 0.412. The van der Waals surface area contributed by atoms with Crippen LogP contribution in [0.5, 0.6) is 0 Å². The van der Waals surface area contributed by atoms with Crippen LogP contribution < -0.4 is 5.69 Å². The molecule has 0 saturated carbocycles. The number of hydrogen-bond acceptors (Lipinski definition) is 2. The number of carbonyl (C=O) groups is 1. The van der Waals surface area contributed by atoms with Crippen LogP contribution in [0.4, 0.5) is 0 Å². The maximum atomic E-state index is 12.3. The second-order valence-corrected chi connectivity index (χ2v) is 4.56. The summed E-state index contributed by atoms with van der Waals surface area (Å²) >= 11 is 6.01. The smallest absolute Gasteiger partial charge is 0.306 e. The van der Waals surface area contributed by atoms with Crippen molar-refractivity contribution in [2.75, 3.05) is 0 Å². The van der Waals surface area contributed by atoms with E-state index in [1.807, 2.05) is 0 Å². The first-order valence-corrected chi connectivity index (χ1v) is 6.04. The fraction of sp³-hybridized carbons (Fsp3) is 0. The van der Waals surface area contributed by atoms with E-state index < -0.39 is 0 Å². The average Bonchev–Trinajstić information content (AvgIpc) is 2.77. The number of nitrogens with one attached hydrogen (secondary N) is 2. The van der Waals surface area contributed by atoms with Crippen LogP contribution >= 0.6 is 11.6 Å². The van der Waals surface area contributed by atoms with Crippen LogP contribution in [0.15, 0.2) is 47.3 Å². The highest BCUT2D eigenvalue weighted by molar-refractivity contribution is 6.35. The molecule has 3 rings (SSSR count). The Morgan fingerprint density at radius 3 is 2.53 bits per heavy atom. The fourth-order valence-corrected chi connectivity index (χ4v) is 2.20. The summed E-state index contributed by atoms with van der Waals surface area (Å²) in [7, 11) is 0. The Balaban J connectivity index is 2.11. The number of aromatic amines is 2. The highest BCUT2D eigenvalue weighted by Gasteiger charge is 2.13. The zero-order valence-corrected chi connectivity index (χ0v) is 10.5. The van der Waals surface area contributed by atoms with Gasteiger partial charge in [-0.25, -0.2) is 4.79 Å². The van der Waals surface area contributed by atoms with Gasteiger partial charge in [0.05, 0.1) is 16.1 Å². The second-order valence-electron chi connectivity index (χ2n) is 4.15. The molecule has 0 aliphatic carbocycles. The Kier molecular flexibility index (Phi) is 2.72. The summed E-state index contributed by atoms with van der Waals surface area (Å²) in [5.74, 6) is -0.172. The Labute approximate surface area is 113 Å². The summed E-state index contributed by atoms with van der Waals surface area (Å²) in [6.45, 7) is 0. The molecule has 1 aromatic heterocycles. The molecular formula is C14H9ClN2O2. The molecule has 0 bridgehead atoms. The topological polar surface area (TPSA) is 65.7 Å². The SMILES string of the molecule is O=C(c1ccc2[nH]c(=O)[nH]c2c1)c1ccccc1Cl. The molecule has 2 aromatic carbocycles. The van der Waals surface area contributed by atoms with Crippen LogP contribution in [0.25, 0.3) is 11.0 Å². The van der Waals surface area contributed by atoms with Gasteiger partial charge in [0.1, 0.15) is 0 Å². The van der Waals surface area contributed by atoms with Crippen molar-refractivity contribution < 1.29 is 4.79 Å². The van der Waals surface area contributed by atoms with Gasteiger partial charge in [0.2, 0.25) is 0 Å². The van der Waals surface area contributed by atoms with Crippen molar-refractivity contribution in [3.63, 3.8) is 0 Å². The van der Waals surface area contributed by atoms with Gasteiger partial charge in [0.25, 0.3) is 0 Å². The van der Waals surface area contributed by atoms with E-state index in [1.54, 1.807) is 42.5 Å². The molecule has 4 nitrogen and oxygen atoms in total. The first kappa shape index (κ1) is 11.7. The van der Waals surface area contributed by atoms with E-state index in [0.29, 0.717) is 27.2 Å². The van der Waals surface area contributed by atoms with Crippen LogP contribution in [0, 0.1) is 0 Å². The van der Waals surface area contributed by atoms with Crippen molar-refractivity contribution in [2.24, 2.45) is 0 Å². The Bertz CT molecular complexity index is 833. The lowest BCUT2D eigenvalue weighted by Gasteiger charge is -2.03. The largest absolute Gasteiger partial charge is 0.323 e. The van der Waals surface area contributed by atoms with E-state index in [-0.39, 0.29) is 11.5 Å². The van der Waals surface area contributed by atoms with Gasteiger partial charge in [-0.1, -0.05) is 23.7 Å². The third-order valence-corrected chi connectivity index (χ3v) is 3.23. The third-order valence-electron chi connectivity index (χ3n) is 2.90. The lowest BCUT2D eigenvalue weighted by atomic mass is 10.0. The summed E-state index contributed by atoms with van der Waals surface area (Å²) in [6.07, 6.45) is 0. The Morgan fingerprint density at radius 1 is 1.00 bits per heavy atom. The Hall–Kier alpha value is -2.33. The maximum absolute atomic E-state index is 12.3. The third kappa shape index (κ3) is 2.06. The highest BCUT2D eigenvalue weighted by atomic mass is 35.5. The van der Waals surface area contributed by atoms with E-state index in [2.05, 4.69) is 9.97 Å². The molecule has 94 valence electrons. The number of H-pyrrole nitrogens is 2. The van der Waals surface area contributed by atoms with Gasteiger partial charge in [-0.15, -0.1) is 0 Å². The highest BCUT2D eigenvalue weighted by Crippen LogP contribution is 2.20. The first-order valence-electron chi connectivity index (χ1n) is 5.66. The molecule has 19 heavy (non-hydrogen) atoms. The van der Waals surface area contributed by atoms with Gasteiger partial charge in [0, 0.05) is 11.1 Å². The second kappa shape index (κ2) is 4.40. The van der Waals surface area contributed by atoms with Gasteiger partial charge in [-0.2, -0.15) is 0 Å². The van der Waals surface area contributed by atoms with Crippen LogP contribution in [0.1, 0.15) is 15.9 Å². The number of imidazole rings is 1. The van der Waals surface area contributed by atoms with Crippen molar-refractivity contribution in [3.05, 3.63) is 69.1 Å². The molecule has 3 aromatic rings. The van der Waals surface area contributed by atoms with Gasteiger partial charge < -0.3 is 9.97 Å². The van der Waals surface area contributed by atoms with Crippen LogP contribution in [-0.4, -0.2) is 15.8 Å². The predicted octanol–water partition coefficient (Wildman–Crippen LogP) is 2.74. The molecule has 0 radical (unpaired) electrons. The van der Waals surface area contributed by atoms with Gasteiger partial charge in [0.15, 0.2) is 5.78 Å². The molecule has 0 fully saturated rings. The Morgan fingerprint density at radius 2 is 1.74 bits per heavy atom. The van der Waals surface area contributed by atoms with Crippen molar-refractivity contribution in [2.45, 2.75) is 0 Å². The predicted molar refractivity (Wildman–Crippen MR) is 73.8 cm³/mol. The fourth-order valence-electron chi connectivity index (χ4n) is 1.97. The minimum Gasteiger partial charge on any atom is -0.306 e. The maximum Gasteiger partial charge on any atom is 0.323 e. The molecule has 5 heteroatoms. The molecule has 1 heterocycles. The number of halogens is 1. The number of carbonyl (C=O) groups excluding carboxylic acids is 1. The van der Waals surface area contributed by atoms with E-state index in [0.717, 1.165) is 0 Å². The van der Waals surface area contributed by atoms with Crippen LogP contribution in [0.3, 0.4) is 0 Å². The first-order chi connectivity index (χ1) is 9.15. The normalized spacial score (nSPS) is 10.8. The number of fused-ring (bicyclic) bond motifs is 1. The minimum absolute atomic E-state index is 0.172. The van der Waals surface area contributed by atoms with Crippen LogP contribution in [0.2, 0.25) is 5.02 Å². The van der Waals surface area contributed by atoms with E-state index >= 15 is 0 Å². The standard InChI is InChI=1S/C14H9ClN2O2/c15-10-4-2-1-3-9(10)13(18)8-5-6-11-12(7-8)17-14(19)16-11/h1-7H,(H2,16,17,19). The zero-order valence-electron chi connectivity index (χ0n) is 9.74. The van der Waals surface area contributed by atoms with Crippen LogP contribution in [-0.2, 0) is 0 Å². The van der Waals surface area contributed by atoms with Crippen molar-refractivity contribution in [3.8, 4) is 0 Å². The molecular weight excluding hydrogens is 264 g/mol. The van der Waals surface area contributed by atoms with E-state index in [9.17, 15) is 9.59 Å². The van der Waals surface area contributed by atoms with Gasteiger partial charge in [-0.3, -0.25) is 4.79 Å². The average molecular weight is 273 g/mol. The number of benzene rings is 2. The molecule has 2 N–H and O–H groups in total. The van der Waals surface area contributed by atoms with Gasteiger partial charge in [-0.05, 0) is 30.3 Å². The van der Waals surface area contributed by atoms with Gasteiger partial charge >= 0.3 is 5.69 Å². The molecule has 0 amide bonds. The molecule has 0 atom stereocenters. The number of rotatable bonds is 2. The summed E-state index contributed by atoms with van der Waals surface area (Å²) in [5.41, 5.74) is 1.90. The number of aromatic nitrogens is 2. The number of ketones is 1. The monoisotopic (exact) mass is 272 g/mol. The number of hydrogen-bond donors (Lipinski definition) is 2. The lowest BCUT2D eigenvalue weighted by molar-refractivity contribution is 0.103. The quantitative estimate of drug-likeness (QED) is 0.705. The molecule has 0 saturated heterocycles. The van der Waals surface area contributed by atoms with Crippen molar-refractivity contribution in [1.82, 2.24) is 9.97 Å². The van der Waals surface area contributed by atoms with E-state index in [4.69, 9.17) is 11.6 Å².